The highest BCUT2D eigenvalue weighted by molar-refractivity contribution is 6.14. The number of para-hydroxylation sites is 2. The summed E-state index contributed by atoms with van der Waals surface area (Å²) in [6.07, 6.45) is -0.248. The minimum atomic E-state index is -0.248. The number of nitrogens with one attached hydrogen (secondary N) is 1. The first-order chi connectivity index (χ1) is 24.8. The number of nitrogens with zero attached hydrogens (tertiary/aromatic N) is 3. The molecule has 1 unspecified atom stereocenters. The lowest BCUT2D eigenvalue weighted by atomic mass is 9.94. The Morgan fingerprint density at radius 1 is 0.500 bits per heavy atom. The molecule has 7 aromatic carbocycles. The van der Waals surface area contributed by atoms with Gasteiger partial charge in [0.1, 0.15) is 23.5 Å². The van der Waals surface area contributed by atoms with Gasteiger partial charge in [-0.2, -0.15) is 0 Å². The van der Waals surface area contributed by atoms with E-state index in [1.165, 1.54) is 10.9 Å². The Morgan fingerprint density at radius 3 is 1.96 bits per heavy atom. The van der Waals surface area contributed by atoms with Gasteiger partial charge in [0, 0.05) is 38.7 Å². The number of aliphatic imine (C=N–C) groups is 2. The van der Waals surface area contributed by atoms with Crippen LogP contribution in [0.2, 0.25) is 0 Å². The van der Waals surface area contributed by atoms with Gasteiger partial charge in [0.05, 0.1) is 11.0 Å². The van der Waals surface area contributed by atoms with Crippen molar-refractivity contribution in [2.45, 2.75) is 6.17 Å². The summed E-state index contributed by atoms with van der Waals surface area (Å²) in [5, 5.41) is 5.92. The monoisotopic (exact) mass is 642 g/mol. The average Bonchev–Trinajstić information content (AvgIpc) is 3.44. The summed E-state index contributed by atoms with van der Waals surface area (Å²) in [5.74, 6) is 3.23. The molecule has 0 saturated heterocycles. The smallest absolute Gasteiger partial charge is 0.159 e. The number of amidine groups is 2. The third-order valence-corrected chi connectivity index (χ3v) is 9.68. The predicted octanol–water partition coefficient (Wildman–Crippen LogP) is 10.7. The number of hydrogen-bond acceptors (Lipinski definition) is 4. The second kappa shape index (κ2) is 11.5. The first-order valence-corrected chi connectivity index (χ1v) is 16.9. The summed E-state index contributed by atoms with van der Waals surface area (Å²) in [6, 6.07) is 59.1. The van der Waals surface area contributed by atoms with Gasteiger partial charge in [0.25, 0.3) is 0 Å². The van der Waals surface area contributed by atoms with Crippen LogP contribution in [0.15, 0.2) is 180 Å². The van der Waals surface area contributed by atoms with E-state index >= 15 is 0 Å². The van der Waals surface area contributed by atoms with Gasteiger partial charge in [-0.25, -0.2) is 9.98 Å². The van der Waals surface area contributed by atoms with Crippen molar-refractivity contribution >= 4 is 33.5 Å². The van der Waals surface area contributed by atoms with Crippen molar-refractivity contribution in [1.29, 1.82) is 0 Å². The maximum absolute atomic E-state index is 6.68. The average molecular weight is 643 g/mol. The number of rotatable bonds is 4. The zero-order chi connectivity index (χ0) is 33.0. The van der Waals surface area contributed by atoms with Gasteiger partial charge in [-0.3, -0.25) is 0 Å². The van der Waals surface area contributed by atoms with Crippen molar-refractivity contribution in [1.82, 2.24) is 9.88 Å². The summed E-state index contributed by atoms with van der Waals surface area (Å²) < 4.78 is 9.04. The number of fused-ring (bicyclic) bond motifs is 8. The largest absolute Gasteiger partial charge is 0.456 e. The van der Waals surface area contributed by atoms with Crippen LogP contribution in [-0.4, -0.2) is 16.2 Å². The first kappa shape index (κ1) is 28.3. The van der Waals surface area contributed by atoms with Crippen molar-refractivity contribution in [3.63, 3.8) is 0 Å². The van der Waals surface area contributed by atoms with Crippen molar-refractivity contribution in [3.05, 3.63) is 187 Å². The van der Waals surface area contributed by atoms with Gasteiger partial charge in [-0.1, -0.05) is 121 Å². The molecule has 50 heavy (non-hydrogen) atoms. The van der Waals surface area contributed by atoms with Gasteiger partial charge in [0.15, 0.2) is 5.84 Å². The highest BCUT2D eigenvalue weighted by Gasteiger charge is 2.24. The van der Waals surface area contributed by atoms with Gasteiger partial charge in [0.2, 0.25) is 0 Å². The van der Waals surface area contributed by atoms with Crippen LogP contribution in [0, 0.1) is 0 Å². The third kappa shape index (κ3) is 4.63. The molecule has 1 aromatic heterocycles. The molecular formula is C45H30N4O. The summed E-state index contributed by atoms with van der Waals surface area (Å²) in [5.41, 5.74) is 10.9. The van der Waals surface area contributed by atoms with E-state index in [2.05, 4.69) is 137 Å². The molecule has 236 valence electrons. The number of hydrogen-bond donors (Lipinski definition) is 1. The lowest BCUT2D eigenvalue weighted by Crippen LogP contribution is -2.33. The second-order valence-electron chi connectivity index (χ2n) is 12.6. The van der Waals surface area contributed by atoms with E-state index in [0.717, 1.165) is 72.8 Å². The van der Waals surface area contributed by atoms with E-state index in [1.807, 2.05) is 42.5 Å². The zero-order valence-electron chi connectivity index (χ0n) is 27.0. The first-order valence-electron chi connectivity index (χ1n) is 16.9. The molecule has 0 bridgehead atoms. The van der Waals surface area contributed by atoms with Gasteiger partial charge < -0.3 is 14.6 Å². The molecular weight excluding hydrogens is 613 g/mol. The second-order valence-corrected chi connectivity index (χ2v) is 12.6. The van der Waals surface area contributed by atoms with Crippen LogP contribution in [0.1, 0.15) is 22.9 Å². The van der Waals surface area contributed by atoms with E-state index < -0.39 is 0 Å². The highest BCUT2D eigenvalue weighted by atomic mass is 16.5. The maximum Gasteiger partial charge on any atom is 0.159 e. The van der Waals surface area contributed by atoms with E-state index in [9.17, 15) is 0 Å². The molecule has 3 heterocycles. The standard InChI is InChI=1S/C45H30N4O/c1-3-13-29(14-4-1)43-46-44(30-15-5-2-6-16-30)48-45(47-43)31-23-25-32(26-24-31)49-39-21-11-9-19-35(39)37-28-42-38(27-40(37)49)34-18-8-7-17-33(34)36-20-10-12-22-41(36)50-42/h1-28,43H,(H,46,47,48). The lowest BCUT2D eigenvalue weighted by molar-refractivity contribution is 0.488. The minimum Gasteiger partial charge on any atom is -0.456 e. The number of ether oxygens (including phenoxy) is 1. The van der Waals surface area contributed by atoms with Gasteiger partial charge in [-0.15, -0.1) is 0 Å². The molecule has 0 amide bonds. The fourth-order valence-corrected chi connectivity index (χ4v) is 7.30. The molecule has 10 rings (SSSR count). The zero-order valence-corrected chi connectivity index (χ0v) is 27.0. The van der Waals surface area contributed by atoms with E-state index in [4.69, 9.17) is 14.7 Å². The normalized spacial score (nSPS) is 14.8. The molecule has 1 N–H and O–H groups in total. The molecule has 0 spiro atoms. The molecule has 2 aliphatic rings. The Hall–Kier alpha value is -6.72. The Balaban J connectivity index is 1.11. The molecule has 5 nitrogen and oxygen atoms in total. The summed E-state index contributed by atoms with van der Waals surface area (Å²) in [4.78, 5) is 10.0. The lowest BCUT2D eigenvalue weighted by Gasteiger charge is -2.23. The van der Waals surface area contributed by atoms with Gasteiger partial charge >= 0.3 is 0 Å². The quantitative estimate of drug-likeness (QED) is 0.208. The molecule has 0 fully saturated rings. The number of benzene rings is 7. The van der Waals surface area contributed by atoms with Crippen LogP contribution in [0.3, 0.4) is 0 Å². The number of aromatic nitrogens is 1. The molecule has 8 aromatic rings. The van der Waals surface area contributed by atoms with Crippen LogP contribution < -0.4 is 10.1 Å². The third-order valence-electron chi connectivity index (χ3n) is 9.68. The molecule has 1 atom stereocenters. The molecule has 5 heteroatoms. The molecule has 0 aliphatic carbocycles. The fraction of sp³-hybridized carbons (Fsp3) is 0.0222. The van der Waals surface area contributed by atoms with Crippen molar-refractivity contribution in [3.8, 4) is 39.4 Å². The topological polar surface area (TPSA) is 50.9 Å². The minimum absolute atomic E-state index is 0.248. The molecule has 0 saturated carbocycles. The van der Waals surface area contributed by atoms with Crippen molar-refractivity contribution in [2.75, 3.05) is 0 Å². The molecule has 0 radical (unpaired) electrons. The van der Waals surface area contributed by atoms with Crippen LogP contribution in [0.5, 0.6) is 11.5 Å². The summed E-state index contributed by atoms with van der Waals surface area (Å²) in [6.45, 7) is 0. The van der Waals surface area contributed by atoms with Gasteiger partial charge in [-0.05, 0) is 65.2 Å². The van der Waals surface area contributed by atoms with Crippen LogP contribution in [-0.2, 0) is 0 Å². The van der Waals surface area contributed by atoms with E-state index in [-0.39, 0.29) is 6.17 Å². The predicted molar refractivity (Wildman–Crippen MR) is 204 cm³/mol. The Bertz CT molecular complexity index is 2640. The van der Waals surface area contributed by atoms with E-state index in [1.54, 1.807) is 0 Å². The maximum atomic E-state index is 6.68. The Kier molecular flexibility index (Phi) is 6.49. The van der Waals surface area contributed by atoms with Crippen LogP contribution >= 0.6 is 0 Å². The summed E-state index contributed by atoms with van der Waals surface area (Å²) >= 11 is 0. The SMILES string of the molecule is c1ccc(C2=NC(c3ccccc3)NC(c3ccc(-n4c5ccccc5c5cc6c(cc54)-c4ccccc4-c4ccccc4O6)cc3)=N2)cc1. The Labute approximate surface area is 289 Å². The van der Waals surface area contributed by atoms with Crippen LogP contribution in [0.4, 0.5) is 0 Å². The highest BCUT2D eigenvalue weighted by Crippen LogP contribution is 2.49. The van der Waals surface area contributed by atoms with Crippen molar-refractivity contribution in [2.24, 2.45) is 9.98 Å². The van der Waals surface area contributed by atoms with Crippen molar-refractivity contribution < 1.29 is 4.74 Å². The van der Waals surface area contributed by atoms with Crippen LogP contribution in [0.25, 0.3) is 49.7 Å². The summed E-state index contributed by atoms with van der Waals surface area (Å²) in [7, 11) is 0. The fourth-order valence-electron chi connectivity index (χ4n) is 7.30. The molecule has 2 aliphatic heterocycles. The Morgan fingerprint density at radius 2 is 1.16 bits per heavy atom. The van der Waals surface area contributed by atoms with E-state index in [0.29, 0.717) is 5.84 Å².